The van der Waals surface area contributed by atoms with E-state index in [4.69, 9.17) is 4.74 Å². The second kappa shape index (κ2) is 5.66. The van der Waals surface area contributed by atoms with Gasteiger partial charge >= 0.3 is 7.12 Å². The van der Waals surface area contributed by atoms with Crippen LogP contribution < -0.4 is 10.2 Å². The normalized spacial score (nSPS) is 10.2. The lowest BCUT2D eigenvalue weighted by Gasteiger charge is -2.10. The first-order chi connectivity index (χ1) is 8.66. The van der Waals surface area contributed by atoms with Crippen LogP contribution >= 0.6 is 0 Å². The van der Waals surface area contributed by atoms with E-state index < -0.39 is 7.12 Å². The van der Waals surface area contributed by atoms with Gasteiger partial charge in [-0.1, -0.05) is 30.3 Å². The molecule has 0 unspecified atom stereocenters. The summed E-state index contributed by atoms with van der Waals surface area (Å²) in [5.74, 6) is 0.0280. The van der Waals surface area contributed by atoms with Crippen molar-refractivity contribution in [3.05, 3.63) is 59.9 Å². The summed E-state index contributed by atoms with van der Waals surface area (Å²) in [7, 11) is -1.54. The molecule has 0 saturated carbocycles. The summed E-state index contributed by atoms with van der Waals surface area (Å²) in [6.45, 7) is 0.150. The third-order valence-corrected chi connectivity index (χ3v) is 2.52. The van der Waals surface area contributed by atoms with Gasteiger partial charge in [-0.3, -0.25) is 0 Å². The van der Waals surface area contributed by atoms with Crippen LogP contribution in [0.1, 0.15) is 5.56 Å². The zero-order valence-corrected chi connectivity index (χ0v) is 9.58. The van der Waals surface area contributed by atoms with Gasteiger partial charge in [0.2, 0.25) is 0 Å². The van der Waals surface area contributed by atoms with Crippen LogP contribution in [0.15, 0.2) is 48.5 Å². The lowest BCUT2D eigenvalue weighted by atomic mass is 9.77. The maximum atomic E-state index is 12.9. The van der Waals surface area contributed by atoms with Crippen molar-refractivity contribution < 1.29 is 19.2 Å². The van der Waals surface area contributed by atoms with E-state index in [0.29, 0.717) is 16.8 Å². The van der Waals surface area contributed by atoms with Gasteiger partial charge in [-0.05, 0) is 23.2 Å². The summed E-state index contributed by atoms with van der Waals surface area (Å²) in [5, 5.41) is 18.4. The lowest BCUT2D eigenvalue weighted by molar-refractivity contribution is 0.304. The molecule has 0 heterocycles. The van der Waals surface area contributed by atoms with Crippen molar-refractivity contribution in [3.63, 3.8) is 0 Å². The van der Waals surface area contributed by atoms with Crippen LogP contribution in [0.4, 0.5) is 4.39 Å². The van der Waals surface area contributed by atoms with E-state index in [0.717, 1.165) is 0 Å². The van der Waals surface area contributed by atoms with E-state index in [1.54, 1.807) is 36.4 Å². The third-order valence-electron chi connectivity index (χ3n) is 2.52. The molecule has 0 aromatic heterocycles. The first-order valence-corrected chi connectivity index (χ1v) is 5.49. The zero-order valence-electron chi connectivity index (χ0n) is 9.58. The molecule has 2 N–H and O–H groups in total. The van der Waals surface area contributed by atoms with Crippen LogP contribution in [0.5, 0.6) is 5.75 Å². The molecule has 0 bridgehead atoms. The van der Waals surface area contributed by atoms with Gasteiger partial charge in [-0.15, -0.1) is 0 Å². The summed E-state index contributed by atoms with van der Waals surface area (Å²) in [6.07, 6.45) is 0. The summed E-state index contributed by atoms with van der Waals surface area (Å²) in [5.41, 5.74) is 1.03. The van der Waals surface area contributed by atoms with Gasteiger partial charge in [0.15, 0.2) is 0 Å². The minimum absolute atomic E-state index is 0.150. The smallest absolute Gasteiger partial charge is 0.488 e. The quantitative estimate of drug-likeness (QED) is 0.794. The van der Waals surface area contributed by atoms with Crippen LogP contribution in [-0.4, -0.2) is 17.2 Å². The third kappa shape index (κ3) is 3.09. The molecular formula is C13H12BFO3. The van der Waals surface area contributed by atoms with E-state index in [-0.39, 0.29) is 12.4 Å². The van der Waals surface area contributed by atoms with Gasteiger partial charge in [0, 0.05) is 6.07 Å². The minimum Gasteiger partial charge on any atom is -0.489 e. The topological polar surface area (TPSA) is 49.7 Å². The number of hydrogen-bond acceptors (Lipinski definition) is 3. The first-order valence-electron chi connectivity index (χ1n) is 5.49. The maximum Gasteiger partial charge on any atom is 0.488 e. The Morgan fingerprint density at radius 3 is 2.56 bits per heavy atom. The van der Waals surface area contributed by atoms with E-state index >= 15 is 0 Å². The Morgan fingerprint density at radius 2 is 1.83 bits per heavy atom. The maximum absolute atomic E-state index is 12.9. The van der Waals surface area contributed by atoms with Gasteiger partial charge in [0.05, 0.1) is 0 Å². The molecule has 2 aromatic rings. The number of ether oxygens (including phenoxy) is 1. The average Bonchev–Trinajstić information content (AvgIpc) is 2.37. The summed E-state index contributed by atoms with van der Waals surface area (Å²) >= 11 is 0. The second-order valence-electron chi connectivity index (χ2n) is 3.82. The Kier molecular flexibility index (Phi) is 3.97. The van der Waals surface area contributed by atoms with Crippen molar-refractivity contribution in [2.75, 3.05) is 0 Å². The molecule has 0 fully saturated rings. The first kappa shape index (κ1) is 12.6. The van der Waals surface area contributed by atoms with Crippen molar-refractivity contribution in [1.29, 1.82) is 0 Å². The fourth-order valence-electron chi connectivity index (χ4n) is 1.64. The van der Waals surface area contributed by atoms with Crippen LogP contribution in [0.3, 0.4) is 0 Å². The number of hydrogen-bond donors (Lipinski definition) is 2. The van der Waals surface area contributed by atoms with Gasteiger partial charge in [-0.25, -0.2) is 4.39 Å². The van der Waals surface area contributed by atoms with Crippen molar-refractivity contribution >= 4 is 12.6 Å². The van der Waals surface area contributed by atoms with Crippen molar-refractivity contribution in [3.8, 4) is 5.75 Å². The molecule has 2 rings (SSSR count). The highest BCUT2D eigenvalue weighted by molar-refractivity contribution is 6.59. The molecule has 0 aliphatic carbocycles. The monoisotopic (exact) mass is 246 g/mol. The second-order valence-corrected chi connectivity index (χ2v) is 3.82. The number of rotatable bonds is 4. The Morgan fingerprint density at radius 1 is 1.06 bits per heavy atom. The number of benzene rings is 2. The average molecular weight is 246 g/mol. The zero-order chi connectivity index (χ0) is 13.0. The molecule has 3 nitrogen and oxygen atoms in total. The summed E-state index contributed by atoms with van der Waals surface area (Å²) in [6, 6.07) is 12.6. The molecule has 0 amide bonds. The Bertz CT molecular complexity index is 531. The highest BCUT2D eigenvalue weighted by Gasteiger charge is 2.15. The highest BCUT2D eigenvalue weighted by atomic mass is 19.1. The van der Waals surface area contributed by atoms with Crippen molar-refractivity contribution in [2.24, 2.45) is 0 Å². The van der Waals surface area contributed by atoms with Gasteiger partial charge < -0.3 is 14.8 Å². The van der Waals surface area contributed by atoms with Crippen LogP contribution in [0, 0.1) is 5.82 Å². The number of halogens is 1. The largest absolute Gasteiger partial charge is 0.489 e. The Balaban J connectivity index is 2.11. The van der Waals surface area contributed by atoms with Gasteiger partial charge in [0.1, 0.15) is 18.2 Å². The molecule has 0 atom stereocenters. The fraction of sp³-hybridized carbons (Fsp3) is 0.0769. The van der Waals surface area contributed by atoms with Crippen LogP contribution in [0.25, 0.3) is 0 Å². The van der Waals surface area contributed by atoms with Crippen LogP contribution in [-0.2, 0) is 6.61 Å². The molecule has 0 saturated heterocycles. The SMILES string of the molecule is OB(O)c1ccccc1COc1cccc(F)c1. The Hall–Kier alpha value is -1.85. The molecule has 18 heavy (non-hydrogen) atoms. The standard InChI is InChI=1S/C13H12BFO3/c15-11-5-3-6-12(8-11)18-9-10-4-1-2-7-13(10)14(16)17/h1-8,16-17H,9H2. The molecule has 0 aliphatic heterocycles. The van der Waals surface area contributed by atoms with E-state index in [1.807, 2.05) is 0 Å². The van der Waals surface area contributed by atoms with Gasteiger partial charge in [-0.2, -0.15) is 0 Å². The van der Waals surface area contributed by atoms with Gasteiger partial charge in [0.25, 0.3) is 0 Å². The van der Waals surface area contributed by atoms with E-state index in [1.165, 1.54) is 12.1 Å². The van der Waals surface area contributed by atoms with E-state index in [2.05, 4.69) is 0 Å². The minimum atomic E-state index is -1.54. The Labute approximate surface area is 105 Å². The fourth-order valence-corrected chi connectivity index (χ4v) is 1.64. The molecule has 0 radical (unpaired) electrons. The van der Waals surface area contributed by atoms with E-state index in [9.17, 15) is 14.4 Å². The van der Waals surface area contributed by atoms with Crippen molar-refractivity contribution in [1.82, 2.24) is 0 Å². The summed E-state index contributed by atoms with van der Waals surface area (Å²) < 4.78 is 18.3. The predicted molar refractivity (Wildman–Crippen MR) is 67.0 cm³/mol. The molecule has 92 valence electrons. The van der Waals surface area contributed by atoms with Crippen LogP contribution in [0.2, 0.25) is 0 Å². The predicted octanol–water partition coefficient (Wildman–Crippen LogP) is 1.08. The molecule has 0 aliphatic rings. The summed E-state index contributed by atoms with van der Waals surface area (Å²) in [4.78, 5) is 0. The van der Waals surface area contributed by atoms with Crippen molar-refractivity contribution in [2.45, 2.75) is 6.61 Å². The molecule has 0 spiro atoms. The molecular weight excluding hydrogens is 234 g/mol. The lowest BCUT2D eigenvalue weighted by Crippen LogP contribution is -2.33. The molecule has 2 aromatic carbocycles. The molecule has 5 heteroatoms. The highest BCUT2D eigenvalue weighted by Crippen LogP contribution is 2.13.